The molecule has 0 atom stereocenters. The Morgan fingerprint density at radius 3 is 2.44 bits per heavy atom. The van der Waals surface area contributed by atoms with Crippen molar-refractivity contribution in [1.29, 1.82) is 0 Å². The molecular formula is C15H22O. The molecule has 88 valence electrons. The van der Waals surface area contributed by atoms with Crippen LogP contribution in [0.3, 0.4) is 0 Å². The topological polar surface area (TPSA) is 20.2 Å². The standard InChI is InChI=1S/C15H22O/c1-11(2)13-9-12(3)5-6-14(13)15(10-16)7-4-8-15/h5-6,9,11,16H,4,7-8,10H2,1-3H3. The Hall–Kier alpha value is -0.820. The third-order valence-electron chi connectivity index (χ3n) is 4.01. The number of hydrogen-bond donors (Lipinski definition) is 1. The maximum Gasteiger partial charge on any atom is 0.0528 e. The van der Waals surface area contributed by atoms with Crippen molar-refractivity contribution in [3.63, 3.8) is 0 Å². The highest BCUT2D eigenvalue weighted by Crippen LogP contribution is 2.45. The number of aliphatic hydroxyl groups excluding tert-OH is 1. The molecule has 0 aromatic heterocycles. The van der Waals surface area contributed by atoms with E-state index in [-0.39, 0.29) is 5.41 Å². The minimum Gasteiger partial charge on any atom is -0.395 e. The normalized spacial score (nSPS) is 18.6. The summed E-state index contributed by atoms with van der Waals surface area (Å²) in [5.41, 5.74) is 4.21. The molecule has 1 aliphatic carbocycles. The number of hydrogen-bond acceptors (Lipinski definition) is 1. The number of benzene rings is 1. The van der Waals surface area contributed by atoms with Crippen LogP contribution < -0.4 is 0 Å². The average molecular weight is 218 g/mol. The van der Waals surface area contributed by atoms with E-state index in [2.05, 4.69) is 39.0 Å². The third kappa shape index (κ3) is 1.78. The highest BCUT2D eigenvalue weighted by molar-refractivity contribution is 5.40. The SMILES string of the molecule is Cc1ccc(C2(CO)CCC2)c(C(C)C)c1. The molecule has 0 bridgehead atoms. The predicted octanol–water partition coefficient (Wildman–Crippen LogP) is 3.53. The van der Waals surface area contributed by atoms with Crippen LogP contribution in [0.2, 0.25) is 0 Å². The molecule has 0 amide bonds. The zero-order chi connectivity index (χ0) is 11.8. The highest BCUT2D eigenvalue weighted by Gasteiger charge is 2.39. The second kappa shape index (κ2) is 4.21. The molecule has 1 aliphatic rings. The van der Waals surface area contributed by atoms with E-state index >= 15 is 0 Å². The van der Waals surface area contributed by atoms with E-state index in [4.69, 9.17) is 0 Å². The van der Waals surface area contributed by atoms with Crippen molar-refractivity contribution < 1.29 is 5.11 Å². The third-order valence-corrected chi connectivity index (χ3v) is 4.01. The van der Waals surface area contributed by atoms with Gasteiger partial charge in [0.05, 0.1) is 6.61 Å². The van der Waals surface area contributed by atoms with E-state index in [1.807, 2.05) is 0 Å². The molecule has 1 aromatic rings. The van der Waals surface area contributed by atoms with Crippen molar-refractivity contribution in [3.05, 3.63) is 34.9 Å². The molecule has 1 saturated carbocycles. The molecule has 1 nitrogen and oxygen atoms in total. The minimum atomic E-state index is 0.0767. The molecular weight excluding hydrogens is 196 g/mol. The molecule has 2 rings (SSSR count). The molecule has 0 saturated heterocycles. The Bertz CT molecular complexity index is 370. The van der Waals surface area contributed by atoms with Gasteiger partial charge in [0.25, 0.3) is 0 Å². The first-order chi connectivity index (χ1) is 7.59. The van der Waals surface area contributed by atoms with Crippen molar-refractivity contribution in [2.24, 2.45) is 0 Å². The quantitative estimate of drug-likeness (QED) is 0.823. The molecule has 0 spiro atoms. The van der Waals surface area contributed by atoms with Crippen LogP contribution in [0.1, 0.15) is 55.7 Å². The summed E-state index contributed by atoms with van der Waals surface area (Å²) in [5.74, 6) is 0.541. The van der Waals surface area contributed by atoms with Gasteiger partial charge in [0.2, 0.25) is 0 Å². The monoisotopic (exact) mass is 218 g/mol. The summed E-state index contributed by atoms with van der Waals surface area (Å²) < 4.78 is 0. The first-order valence-electron chi connectivity index (χ1n) is 6.31. The van der Waals surface area contributed by atoms with Crippen LogP contribution >= 0.6 is 0 Å². The molecule has 1 N–H and O–H groups in total. The van der Waals surface area contributed by atoms with Crippen LogP contribution in [0.5, 0.6) is 0 Å². The van der Waals surface area contributed by atoms with Gasteiger partial charge in [-0.05, 0) is 36.8 Å². The second-order valence-corrected chi connectivity index (χ2v) is 5.54. The minimum absolute atomic E-state index is 0.0767. The van der Waals surface area contributed by atoms with Gasteiger partial charge in [-0.1, -0.05) is 44.0 Å². The zero-order valence-corrected chi connectivity index (χ0v) is 10.6. The predicted molar refractivity (Wildman–Crippen MR) is 67.9 cm³/mol. The summed E-state index contributed by atoms with van der Waals surface area (Å²) in [6.07, 6.45) is 3.55. The first kappa shape index (κ1) is 11.7. The number of aliphatic hydroxyl groups is 1. The van der Waals surface area contributed by atoms with Crippen LogP contribution in [0.4, 0.5) is 0 Å². The molecule has 0 unspecified atom stereocenters. The van der Waals surface area contributed by atoms with E-state index in [1.165, 1.54) is 23.1 Å². The smallest absolute Gasteiger partial charge is 0.0528 e. The van der Waals surface area contributed by atoms with Gasteiger partial charge in [-0.25, -0.2) is 0 Å². The lowest BCUT2D eigenvalue weighted by Gasteiger charge is -2.42. The van der Waals surface area contributed by atoms with Gasteiger partial charge in [-0.3, -0.25) is 0 Å². The molecule has 0 radical (unpaired) electrons. The largest absolute Gasteiger partial charge is 0.395 e. The van der Waals surface area contributed by atoms with Gasteiger partial charge in [0.15, 0.2) is 0 Å². The molecule has 0 heterocycles. The summed E-state index contributed by atoms with van der Waals surface area (Å²) in [6, 6.07) is 6.70. The fourth-order valence-corrected chi connectivity index (χ4v) is 2.76. The van der Waals surface area contributed by atoms with Crippen molar-refractivity contribution in [3.8, 4) is 0 Å². The van der Waals surface area contributed by atoms with E-state index in [0.717, 1.165) is 12.8 Å². The maximum absolute atomic E-state index is 9.67. The lowest BCUT2D eigenvalue weighted by Crippen LogP contribution is -2.39. The Kier molecular flexibility index (Phi) is 3.07. The first-order valence-corrected chi connectivity index (χ1v) is 6.31. The van der Waals surface area contributed by atoms with Crippen LogP contribution in [0.15, 0.2) is 18.2 Å². The summed E-state index contributed by atoms with van der Waals surface area (Å²) in [5, 5.41) is 9.67. The Morgan fingerprint density at radius 1 is 1.31 bits per heavy atom. The molecule has 1 fully saturated rings. The van der Waals surface area contributed by atoms with Crippen LogP contribution in [-0.4, -0.2) is 11.7 Å². The highest BCUT2D eigenvalue weighted by atomic mass is 16.3. The van der Waals surface area contributed by atoms with Crippen molar-refractivity contribution in [2.75, 3.05) is 6.61 Å². The Balaban J connectivity index is 2.47. The fraction of sp³-hybridized carbons (Fsp3) is 0.600. The number of rotatable bonds is 3. The van der Waals surface area contributed by atoms with Gasteiger partial charge >= 0.3 is 0 Å². The van der Waals surface area contributed by atoms with E-state index in [1.54, 1.807) is 0 Å². The molecule has 0 aliphatic heterocycles. The van der Waals surface area contributed by atoms with Gasteiger partial charge in [-0.2, -0.15) is 0 Å². The zero-order valence-electron chi connectivity index (χ0n) is 10.6. The molecule has 1 heteroatoms. The molecule has 16 heavy (non-hydrogen) atoms. The van der Waals surface area contributed by atoms with Crippen LogP contribution in [0, 0.1) is 6.92 Å². The Morgan fingerprint density at radius 2 is 2.00 bits per heavy atom. The van der Waals surface area contributed by atoms with Gasteiger partial charge in [0, 0.05) is 5.41 Å². The Labute approximate surface area is 98.5 Å². The maximum atomic E-state index is 9.67. The summed E-state index contributed by atoms with van der Waals surface area (Å²) in [4.78, 5) is 0. The second-order valence-electron chi connectivity index (χ2n) is 5.54. The summed E-state index contributed by atoms with van der Waals surface area (Å²) >= 11 is 0. The van der Waals surface area contributed by atoms with Gasteiger partial charge in [0.1, 0.15) is 0 Å². The van der Waals surface area contributed by atoms with E-state index in [9.17, 15) is 5.11 Å². The molecule has 1 aromatic carbocycles. The average Bonchev–Trinajstić information content (AvgIpc) is 2.19. The summed E-state index contributed by atoms with van der Waals surface area (Å²) in [6.45, 7) is 6.92. The van der Waals surface area contributed by atoms with Crippen LogP contribution in [-0.2, 0) is 5.41 Å². The summed E-state index contributed by atoms with van der Waals surface area (Å²) in [7, 11) is 0. The van der Waals surface area contributed by atoms with Crippen LogP contribution in [0.25, 0.3) is 0 Å². The van der Waals surface area contributed by atoms with Crippen molar-refractivity contribution in [1.82, 2.24) is 0 Å². The fourth-order valence-electron chi connectivity index (χ4n) is 2.76. The van der Waals surface area contributed by atoms with Gasteiger partial charge in [-0.15, -0.1) is 0 Å². The lowest BCUT2D eigenvalue weighted by molar-refractivity contribution is 0.119. The van der Waals surface area contributed by atoms with E-state index in [0.29, 0.717) is 12.5 Å². The van der Waals surface area contributed by atoms with Gasteiger partial charge < -0.3 is 5.11 Å². The van der Waals surface area contributed by atoms with E-state index < -0.39 is 0 Å². The lowest BCUT2D eigenvalue weighted by atomic mass is 9.63. The van der Waals surface area contributed by atoms with Crippen molar-refractivity contribution in [2.45, 2.75) is 51.4 Å². The number of aryl methyl sites for hydroxylation is 1. The van der Waals surface area contributed by atoms with Crippen molar-refractivity contribution >= 4 is 0 Å².